The van der Waals surface area contributed by atoms with E-state index in [9.17, 15) is 23.2 Å². The second-order valence-corrected chi connectivity index (χ2v) is 5.04. The molecule has 0 saturated carbocycles. The highest BCUT2D eigenvalue weighted by molar-refractivity contribution is 5.65. The normalized spacial score (nSPS) is 18.1. The molecule has 2 rings (SSSR count). The van der Waals surface area contributed by atoms with E-state index in [1.165, 1.54) is 17.0 Å². The van der Waals surface area contributed by atoms with Gasteiger partial charge in [0, 0.05) is 13.1 Å². The zero-order chi connectivity index (χ0) is 15.7. The predicted molar refractivity (Wildman–Crippen MR) is 67.6 cm³/mol. The average molecular weight is 298 g/mol. The maximum Gasteiger partial charge on any atom is 0.416 e. The Labute approximate surface area is 119 Å². The van der Waals surface area contributed by atoms with Crippen LogP contribution in [-0.2, 0) is 11.6 Å². The molecule has 1 aliphatic rings. The number of hydrogen-bond donors (Lipinski definition) is 1. The van der Waals surface area contributed by atoms with Crippen LogP contribution in [0, 0.1) is 11.3 Å². The Morgan fingerprint density at radius 3 is 2.14 bits per heavy atom. The zero-order valence-corrected chi connectivity index (χ0v) is 11.0. The van der Waals surface area contributed by atoms with Crippen molar-refractivity contribution in [1.29, 1.82) is 5.26 Å². The quantitative estimate of drug-likeness (QED) is 0.865. The molecule has 0 aromatic heterocycles. The first-order valence-electron chi connectivity index (χ1n) is 6.35. The first-order valence-corrected chi connectivity index (χ1v) is 6.35. The second kappa shape index (κ2) is 5.28. The third-order valence-corrected chi connectivity index (χ3v) is 3.87. The lowest BCUT2D eigenvalue weighted by molar-refractivity contribution is -0.137. The molecule has 1 aromatic carbocycles. The molecule has 4 nitrogen and oxygen atoms in total. The summed E-state index contributed by atoms with van der Waals surface area (Å²) in [7, 11) is 0. The van der Waals surface area contributed by atoms with E-state index >= 15 is 0 Å². The van der Waals surface area contributed by atoms with Crippen molar-refractivity contribution in [3.8, 4) is 6.07 Å². The lowest BCUT2D eigenvalue weighted by Gasteiger charge is -2.36. The monoisotopic (exact) mass is 298 g/mol. The Morgan fingerprint density at radius 1 is 1.24 bits per heavy atom. The van der Waals surface area contributed by atoms with Gasteiger partial charge in [-0.2, -0.15) is 18.4 Å². The van der Waals surface area contributed by atoms with Crippen LogP contribution in [0.1, 0.15) is 24.0 Å². The number of piperidine rings is 1. The van der Waals surface area contributed by atoms with E-state index in [0.29, 0.717) is 5.56 Å². The van der Waals surface area contributed by atoms with Crippen molar-refractivity contribution in [2.45, 2.75) is 24.4 Å². The largest absolute Gasteiger partial charge is 0.465 e. The van der Waals surface area contributed by atoms with E-state index in [2.05, 4.69) is 6.07 Å². The molecule has 1 N–H and O–H groups in total. The number of nitriles is 1. The molecule has 1 aromatic rings. The molecule has 0 unspecified atom stereocenters. The fourth-order valence-electron chi connectivity index (χ4n) is 2.52. The molecule has 1 fully saturated rings. The molecule has 7 heteroatoms. The molecule has 0 bridgehead atoms. The van der Waals surface area contributed by atoms with Crippen molar-refractivity contribution in [2.75, 3.05) is 13.1 Å². The van der Waals surface area contributed by atoms with Crippen LogP contribution < -0.4 is 0 Å². The summed E-state index contributed by atoms with van der Waals surface area (Å²) in [6, 6.07) is 6.68. The van der Waals surface area contributed by atoms with Gasteiger partial charge < -0.3 is 10.0 Å². The maximum absolute atomic E-state index is 12.5. The highest BCUT2D eigenvalue weighted by Crippen LogP contribution is 2.37. The van der Waals surface area contributed by atoms with E-state index in [1.54, 1.807) is 0 Å². The van der Waals surface area contributed by atoms with Crippen molar-refractivity contribution in [3.63, 3.8) is 0 Å². The van der Waals surface area contributed by atoms with Gasteiger partial charge in [-0.05, 0) is 30.5 Å². The van der Waals surface area contributed by atoms with Gasteiger partial charge in [0.2, 0.25) is 0 Å². The molecule has 21 heavy (non-hydrogen) atoms. The summed E-state index contributed by atoms with van der Waals surface area (Å²) in [5, 5.41) is 18.3. The number of rotatable bonds is 1. The third-order valence-electron chi connectivity index (χ3n) is 3.87. The van der Waals surface area contributed by atoms with Crippen LogP contribution in [-0.4, -0.2) is 29.2 Å². The van der Waals surface area contributed by atoms with Gasteiger partial charge >= 0.3 is 12.3 Å². The summed E-state index contributed by atoms with van der Waals surface area (Å²) >= 11 is 0. The van der Waals surface area contributed by atoms with Gasteiger partial charge in [0.25, 0.3) is 0 Å². The molecule has 0 spiro atoms. The van der Waals surface area contributed by atoms with Crippen LogP contribution in [0.25, 0.3) is 0 Å². The van der Waals surface area contributed by atoms with Crippen LogP contribution >= 0.6 is 0 Å². The van der Waals surface area contributed by atoms with Crippen molar-refractivity contribution >= 4 is 6.09 Å². The maximum atomic E-state index is 12.5. The second-order valence-electron chi connectivity index (χ2n) is 5.04. The summed E-state index contributed by atoms with van der Waals surface area (Å²) in [5.41, 5.74) is -1.18. The Kier molecular flexibility index (Phi) is 3.81. The molecule has 1 heterocycles. The topological polar surface area (TPSA) is 64.3 Å². The molecule has 1 aliphatic heterocycles. The number of carboxylic acid groups (broad SMARTS) is 1. The summed E-state index contributed by atoms with van der Waals surface area (Å²) in [6.07, 6.45) is -4.90. The number of nitrogens with zero attached hydrogens (tertiary/aromatic N) is 2. The molecule has 0 atom stereocenters. The van der Waals surface area contributed by atoms with E-state index in [-0.39, 0.29) is 25.9 Å². The number of halogens is 3. The highest BCUT2D eigenvalue weighted by atomic mass is 19.4. The zero-order valence-electron chi connectivity index (χ0n) is 11.0. The summed E-state index contributed by atoms with van der Waals surface area (Å²) in [4.78, 5) is 12.1. The van der Waals surface area contributed by atoms with Gasteiger partial charge in [-0.3, -0.25) is 0 Å². The summed E-state index contributed by atoms with van der Waals surface area (Å²) < 4.78 is 37.6. The number of amides is 1. The van der Waals surface area contributed by atoms with Crippen LogP contribution in [0.4, 0.5) is 18.0 Å². The third kappa shape index (κ3) is 2.94. The number of hydrogen-bond acceptors (Lipinski definition) is 2. The SMILES string of the molecule is N#CC1(c2ccc(C(F)(F)F)cc2)CCN(C(=O)O)CC1. The van der Waals surface area contributed by atoms with Gasteiger partial charge in [0.1, 0.15) is 0 Å². The molecule has 0 radical (unpaired) electrons. The standard InChI is InChI=1S/C14H13F3N2O2/c15-14(16,17)11-3-1-10(2-4-11)13(9-18)5-7-19(8-6-13)12(20)21/h1-4H,5-8H2,(H,20,21). The average Bonchev–Trinajstić information content (AvgIpc) is 2.46. The lowest BCUT2D eigenvalue weighted by Crippen LogP contribution is -2.44. The molecular formula is C14H13F3N2O2. The van der Waals surface area contributed by atoms with Gasteiger partial charge in [0.15, 0.2) is 0 Å². The first kappa shape index (κ1) is 15.2. The fraction of sp³-hybridized carbons (Fsp3) is 0.429. The number of carbonyl (C=O) groups is 1. The van der Waals surface area contributed by atoms with E-state index in [4.69, 9.17) is 5.11 Å². The van der Waals surface area contributed by atoms with E-state index in [1.807, 2.05) is 0 Å². The summed E-state index contributed by atoms with van der Waals surface area (Å²) in [5.74, 6) is 0. The molecule has 0 aliphatic carbocycles. The van der Waals surface area contributed by atoms with Crippen molar-refractivity contribution < 1.29 is 23.1 Å². The van der Waals surface area contributed by atoms with Crippen molar-refractivity contribution in [2.24, 2.45) is 0 Å². The molecule has 1 amide bonds. The minimum Gasteiger partial charge on any atom is -0.465 e. The lowest BCUT2D eigenvalue weighted by atomic mass is 9.74. The van der Waals surface area contributed by atoms with Crippen molar-refractivity contribution in [1.82, 2.24) is 4.90 Å². The van der Waals surface area contributed by atoms with Gasteiger partial charge in [-0.25, -0.2) is 4.79 Å². The number of alkyl halides is 3. The van der Waals surface area contributed by atoms with Gasteiger partial charge in [0.05, 0.1) is 17.0 Å². The molecule has 112 valence electrons. The Morgan fingerprint density at radius 2 is 1.76 bits per heavy atom. The van der Waals surface area contributed by atoms with Crippen LogP contribution in [0.2, 0.25) is 0 Å². The Bertz CT molecular complexity index is 567. The van der Waals surface area contributed by atoms with Crippen molar-refractivity contribution in [3.05, 3.63) is 35.4 Å². The predicted octanol–water partition coefficient (Wildman–Crippen LogP) is 3.24. The Balaban J connectivity index is 2.23. The number of benzene rings is 1. The first-order chi connectivity index (χ1) is 9.78. The minimum absolute atomic E-state index is 0.198. The minimum atomic E-state index is -4.41. The van der Waals surface area contributed by atoms with Crippen LogP contribution in [0.5, 0.6) is 0 Å². The molecular weight excluding hydrogens is 285 g/mol. The van der Waals surface area contributed by atoms with Gasteiger partial charge in [-0.15, -0.1) is 0 Å². The summed E-state index contributed by atoms with van der Waals surface area (Å²) in [6.45, 7) is 0.397. The van der Waals surface area contributed by atoms with Gasteiger partial charge in [-0.1, -0.05) is 12.1 Å². The van der Waals surface area contributed by atoms with Crippen LogP contribution in [0.15, 0.2) is 24.3 Å². The van der Waals surface area contributed by atoms with E-state index in [0.717, 1.165) is 12.1 Å². The number of likely N-dealkylation sites (tertiary alicyclic amines) is 1. The molecule has 1 saturated heterocycles. The Hall–Kier alpha value is -2.23. The fourth-order valence-corrected chi connectivity index (χ4v) is 2.52. The highest BCUT2D eigenvalue weighted by Gasteiger charge is 2.38. The van der Waals surface area contributed by atoms with Crippen LogP contribution in [0.3, 0.4) is 0 Å². The van der Waals surface area contributed by atoms with E-state index < -0.39 is 23.2 Å². The smallest absolute Gasteiger partial charge is 0.416 e.